The Morgan fingerprint density at radius 2 is 1.54 bits per heavy atom. The summed E-state index contributed by atoms with van der Waals surface area (Å²) >= 11 is 0. The number of ether oxygens (including phenoxy) is 1. The van der Waals surface area contributed by atoms with Gasteiger partial charge >= 0.3 is 5.97 Å². The number of carbonyl (C=O) groups is 1. The fourth-order valence-corrected chi connectivity index (χ4v) is 3.76. The summed E-state index contributed by atoms with van der Waals surface area (Å²) in [6, 6.07) is 8.46. The molecule has 4 heteroatoms. The number of hydrogen-bond acceptors (Lipinski definition) is 2. The van der Waals surface area contributed by atoms with Gasteiger partial charge in [-0.1, -0.05) is 57.6 Å². The number of halogens is 1. The molecule has 1 saturated carbocycles. The van der Waals surface area contributed by atoms with Crippen LogP contribution in [0.1, 0.15) is 89.0 Å². The lowest BCUT2D eigenvalue weighted by atomic mass is 9.79. The lowest BCUT2D eigenvalue weighted by molar-refractivity contribution is -0.142. The highest BCUT2D eigenvalue weighted by Crippen LogP contribution is 2.36. The molecule has 1 aliphatic rings. The summed E-state index contributed by atoms with van der Waals surface area (Å²) in [4.78, 5) is 11.0. The van der Waals surface area contributed by atoms with Crippen LogP contribution in [-0.2, 0) is 4.79 Å². The number of carboxylic acids is 1. The van der Waals surface area contributed by atoms with Crippen molar-refractivity contribution in [2.24, 2.45) is 5.92 Å². The quantitative estimate of drug-likeness (QED) is 0.438. The first-order valence-corrected chi connectivity index (χ1v) is 10.2. The van der Waals surface area contributed by atoms with Gasteiger partial charge in [-0.3, -0.25) is 4.79 Å². The van der Waals surface area contributed by atoms with Gasteiger partial charge in [-0.15, -0.1) is 12.4 Å². The summed E-state index contributed by atoms with van der Waals surface area (Å²) in [5.74, 6) is 0.690. The molecule has 26 heavy (non-hydrogen) atoms. The van der Waals surface area contributed by atoms with Crippen molar-refractivity contribution in [3.8, 4) is 5.75 Å². The van der Waals surface area contributed by atoms with Crippen LogP contribution in [0.15, 0.2) is 24.3 Å². The summed E-state index contributed by atoms with van der Waals surface area (Å²) in [5, 5.41) is 9.09. The van der Waals surface area contributed by atoms with Crippen LogP contribution in [0.4, 0.5) is 0 Å². The van der Waals surface area contributed by atoms with E-state index in [0.29, 0.717) is 5.92 Å². The molecule has 148 valence electrons. The van der Waals surface area contributed by atoms with Gasteiger partial charge in [0.2, 0.25) is 0 Å². The lowest BCUT2D eigenvalue weighted by Gasteiger charge is -2.26. The van der Waals surface area contributed by atoms with Gasteiger partial charge in [-0.05, 0) is 55.7 Å². The van der Waals surface area contributed by atoms with E-state index in [0.717, 1.165) is 44.5 Å². The lowest BCUT2D eigenvalue weighted by Crippen LogP contribution is -2.20. The normalized spacial score (nSPS) is 19.6. The Morgan fingerprint density at radius 1 is 0.962 bits per heavy atom. The van der Waals surface area contributed by atoms with E-state index in [1.165, 1.54) is 44.1 Å². The molecule has 2 rings (SSSR count). The SMILES string of the molecule is CCCCCCCCCOc1ccc(C2CCC(C(=O)O)CC2)cc1.Cl. The molecule has 1 aliphatic carbocycles. The summed E-state index contributed by atoms with van der Waals surface area (Å²) in [6.45, 7) is 3.05. The third-order valence-electron chi connectivity index (χ3n) is 5.44. The third-order valence-corrected chi connectivity index (χ3v) is 5.44. The second-order valence-corrected chi connectivity index (χ2v) is 7.43. The molecule has 1 fully saturated rings. The van der Waals surface area contributed by atoms with E-state index in [1.54, 1.807) is 0 Å². The number of unbranched alkanes of at least 4 members (excludes halogenated alkanes) is 6. The van der Waals surface area contributed by atoms with Gasteiger partial charge in [-0.2, -0.15) is 0 Å². The van der Waals surface area contributed by atoms with Crippen molar-refractivity contribution in [2.45, 2.75) is 83.5 Å². The second kappa shape index (κ2) is 13.0. The summed E-state index contributed by atoms with van der Waals surface area (Å²) in [7, 11) is 0. The molecule has 0 atom stereocenters. The molecule has 0 bridgehead atoms. The molecular formula is C22H35ClO3. The van der Waals surface area contributed by atoms with E-state index in [1.807, 2.05) is 0 Å². The molecule has 1 aromatic carbocycles. The molecule has 0 aliphatic heterocycles. The van der Waals surface area contributed by atoms with E-state index >= 15 is 0 Å². The van der Waals surface area contributed by atoms with Crippen molar-refractivity contribution in [3.63, 3.8) is 0 Å². The minimum Gasteiger partial charge on any atom is -0.494 e. The molecule has 3 nitrogen and oxygen atoms in total. The average molecular weight is 383 g/mol. The monoisotopic (exact) mass is 382 g/mol. The first kappa shape index (κ1) is 22.8. The van der Waals surface area contributed by atoms with Gasteiger partial charge in [0.25, 0.3) is 0 Å². The zero-order valence-corrected chi connectivity index (χ0v) is 16.9. The smallest absolute Gasteiger partial charge is 0.306 e. The van der Waals surface area contributed by atoms with Gasteiger partial charge < -0.3 is 9.84 Å². The molecule has 0 amide bonds. The highest BCUT2D eigenvalue weighted by atomic mass is 35.5. The summed E-state index contributed by atoms with van der Waals surface area (Å²) in [6.07, 6.45) is 12.7. The van der Waals surface area contributed by atoms with Gasteiger partial charge in [0.1, 0.15) is 5.75 Å². The van der Waals surface area contributed by atoms with E-state index in [-0.39, 0.29) is 18.3 Å². The van der Waals surface area contributed by atoms with Crippen molar-refractivity contribution in [1.82, 2.24) is 0 Å². The Balaban J connectivity index is 0.00000338. The van der Waals surface area contributed by atoms with Crippen LogP contribution in [0.3, 0.4) is 0 Å². The first-order valence-electron chi connectivity index (χ1n) is 10.2. The van der Waals surface area contributed by atoms with Crippen LogP contribution < -0.4 is 4.74 Å². The molecule has 0 unspecified atom stereocenters. The van der Waals surface area contributed by atoms with Crippen LogP contribution in [0, 0.1) is 5.92 Å². The second-order valence-electron chi connectivity index (χ2n) is 7.43. The minimum absolute atomic E-state index is 0. The largest absolute Gasteiger partial charge is 0.494 e. The van der Waals surface area contributed by atoms with Crippen LogP contribution in [0.2, 0.25) is 0 Å². The number of rotatable bonds is 11. The minimum atomic E-state index is -0.632. The molecule has 0 heterocycles. The Labute approximate surface area is 164 Å². The van der Waals surface area contributed by atoms with Crippen LogP contribution in [0.5, 0.6) is 5.75 Å². The molecule has 1 aromatic rings. The predicted molar refractivity (Wildman–Crippen MR) is 110 cm³/mol. The molecule has 0 spiro atoms. The average Bonchev–Trinajstić information content (AvgIpc) is 2.64. The van der Waals surface area contributed by atoms with E-state index in [9.17, 15) is 4.79 Å². The van der Waals surface area contributed by atoms with Crippen molar-refractivity contribution in [3.05, 3.63) is 29.8 Å². The highest BCUT2D eigenvalue weighted by Gasteiger charge is 2.26. The van der Waals surface area contributed by atoms with Gasteiger partial charge in [0.15, 0.2) is 0 Å². The Hall–Kier alpha value is -1.22. The number of carboxylic acid groups (broad SMARTS) is 1. The fourth-order valence-electron chi connectivity index (χ4n) is 3.76. The fraction of sp³-hybridized carbons (Fsp3) is 0.682. The van der Waals surface area contributed by atoms with Crippen molar-refractivity contribution in [2.75, 3.05) is 6.61 Å². The molecular weight excluding hydrogens is 348 g/mol. The number of benzene rings is 1. The zero-order valence-electron chi connectivity index (χ0n) is 16.1. The van der Waals surface area contributed by atoms with Crippen LogP contribution >= 0.6 is 12.4 Å². The number of hydrogen-bond donors (Lipinski definition) is 1. The van der Waals surface area contributed by atoms with Crippen LogP contribution in [0.25, 0.3) is 0 Å². The van der Waals surface area contributed by atoms with E-state index < -0.39 is 5.97 Å². The van der Waals surface area contributed by atoms with Crippen LogP contribution in [-0.4, -0.2) is 17.7 Å². The Morgan fingerprint density at radius 3 is 2.12 bits per heavy atom. The number of aliphatic carboxylic acids is 1. The van der Waals surface area contributed by atoms with E-state index in [2.05, 4.69) is 31.2 Å². The maximum absolute atomic E-state index is 11.0. The van der Waals surface area contributed by atoms with E-state index in [4.69, 9.17) is 9.84 Å². The molecule has 0 radical (unpaired) electrons. The van der Waals surface area contributed by atoms with Crippen molar-refractivity contribution < 1.29 is 14.6 Å². The summed E-state index contributed by atoms with van der Waals surface area (Å²) < 4.78 is 5.85. The molecule has 0 saturated heterocycles. The standard InChI is InChI=1S/C22H34O3.ClH/c1-2-3-4-5-6-7-8-17-25-21-15-13-19(14-16-21)18-9-11-20(12-10-18)22(23)24;/h13-16,18,20H,2-12,17H2,1H3,(H,23,24);1H. The van der Waals surface area contributed by atoms with Gasteiger partial charge in [0.05, 0.1) is 12.5 Å². The maximum atomic E-state index is 11.0. The van der Waals surface area contributed by atoms with Gasteiger partial charge in [0, 0.05) is 0 Å². The highest BCUT2D eigenvalue weighted by molar-refractivity contribution is 5.85. The van der Waals surface area contributed by atoms with Crippen molar-refractivity contribution >= 4 is 18.4 Å². The third kappa shape index (κ3) is 7.99. The maximum Gasteiger partial charge on any atom is 0.306 e. The first-order chi connectivity index (χ1) is 12.2. The zero-order chi connectivity index (χ0) is 17.9. The summed E-state index contributed by atoms with van der Waals surface area (Å²) in [5.41, 5.74) is 1.33. The topological polar surface area (TPSA) is 46.5 Å². The molecule has 0 aromatic heterocycles. The Kier molecular flexibility index (Phi) is 11.4. The predicted octanol–water partition coefficient (Wildman–Crippen LogP) is 6.60. The Bertz CT molecular complexity index is 493. The van der Waals surface area contributed by atoms with Crippen molar-refractivity contribution in [1.29, 1.82) is 0 Å². The molecule has 1 N–H and O–H groups in total. The van der Waals surface area contributed by atoms with Gasteiger partial charge in [-0.25, -0.2) is 0 Å².